The Bertz CT molecular complexity index is 545. The van der Waals surface area contributed by atoms with E-state index in [1.54, 1.807) is 6.20 Å². The zero-order valence-electron chi connectivity index (χ0n) is 11.4. The van der Waals surface area contributed by atoms with Crippen LogP contribution in [0.1, 0.15) is 28.1 Å². The molecule has 0 radical (unpaired) electrons. The van der Waals surface area contributed by atoms with E-state index in [4.69, 9.17) is 0 Å². The van der Waals surface area contributed by atoms with Crippen LogP contribution in [0, 0.1) is 5.92 Å². The van der Waals surface area contributed by atoms with Gasteiger partial charge in [0.1, 0.15) is 4.88 Å². The third kappa shape index (κ3) is 3.07. The smallest absolute Gasteiger partial charge is 0.265 e. The summed E-state index contributed by atoms with van der Waals surface area (Å²) >= 11 is 1.29. The zero-order chi connectivity index (χ0) is 13.8. The van der Waals surface area contributed by atoms with Gasteiger partial charge in [0.05, 0.1) is 0 Å². The SMILES string of the molecule is O=C(c1ccns1)N1CCC(Cc2ccccc2)CC1. The molecular formula is C16H18N2OS. The Kier molecular flexibility index (Phi) is 4.11. The van der Waals surface area contributed by atoms with Crippen LogP contribution in [-0.2, 0) is 6.42 Å². The van der Waals surface area contributed by atoms with Gasteiger partial charge in [-0.2, -0.15) is 0 Å². The summed E-state index contributed by atoms with van der Waals surface area (Å²) in [5.41, 5.74) is 1.40. The number of hydrogen-bond donors (Lipinski definition) is 0. The predicted octanol–water partition coefficient (Wildman–Crippen LogP) is 3.24. The van der Waals surface area contributed by atoms with E-state index in [-0.39, 0.29) is 5.91 Å². The quantitative estimate of drug-likeness (QED) is 0.868. The van der Waals surface area contributed by atoms with Crippen LogP contribution in [-0.4, -0.2) is 28.3 Å². The molecule has 0 spiro atoms. The summed E-state index contributed by atoms with van der Waals surface area (Å²) in [6.45, 7) is 1.74. The first-order valence-corrected chi connectivity index (χ1v) is 7.84. The van der Waals surface area contributed by atoms with Crippen molar-refractivity contribution >= 4 is 17.4 Å². The molecule has 20 heavy (non-hydrogen) atoms. The summed E-state index contributed by atoms with van der Waals surface area (Å²) in [5.74, 6) is 0.841. The van der Waals surface area contributed by atoms with Crippen molar-refractivity contribution in [1.29, 1.82) is 0 Å². The Labute approximate surface area is 123 Å². The molecule has 1 aromatic carbocycles. The molecule has 3 nitrogen and oxygen atoms in total. The summed E-state index contributed by atoms with van der Waals surface area (Å²) < 4.78 is 4.00. The summed E-state index contributed by atoms with van der Waals surface area (Å²) in [6, 6.07) is 12.4. The van der Waals surface area contributed by atoms with E-state index in [2.05, 4.69) is 34.7 Å². The van der Waals surface area contributed by atoms with E-state index < -0.39 is 0 Å². The average molecular weight is 286 g/mol. The van der Waals surface area contributed by atoms with E-state index in [0.717, 1.165) is 37.2 Å². The second-order valence-electron chi connectivity index (χ2n) is 5.30. The fourth-order valence-electron chi connectivity index (χ4n) is 2.77. The molecule has 3 rings (SSSR count). The van der Waals surface area contributed by atoms with Crippen molar-refractivity contribution in [2.75, 3.05) is 13.1 Å². The van der Waals surface area contributed by atoms with Crippen LogP contribution in [0.4, 0.5) is 0 Å². The van der Waals surface area contributed by atoms with Gasteiger partial charge in [-0.1, -0.05) is 30.3 Å². The van der Waals surface area contributed by atoms with Gasteiger partial charge in [-0.3, -0.25) is 4.79 Å². The van der Waals surface area contributed by atoms with Gasteiger partial charge < -0.3 is 4.90 Å². The van der Waals surface area contributed by atoms with Gasteiger partial charge in [0.2, 0.25) is 0 Å². The Hall–Kier alpha value is -1.68. The topological polar surface area (TPSA) is 33.2 Å². The highest BCUT2D eigenvalue weighted by atomic mass is 32.1. The van der Waals surface area contributed by atoms with E-state index in [9.17, 15) is 4.79 Å². The fraction of sp³-hybridized carbons (Fsp3) is 0.375. The van der Waals surface area contributed by atoms with Crippen LogP contribution >= 0.6 is 11.5 Å². The Balaban J connectivity index is 1.53. The van der Waals surface area contributed by atoms with Crippen molar-refractivity contribution in [3.8, 4) is 0 Å². The number of rotatable bonds is 3. The van der Waals surface area contributed by atoms with E-state index in [0.29, 0.717) is 5.92 Å². The maximum Gasteiger partial charge on any atom is 0.265 e. The number of carbonyl (C=O) groups is 1. The number of piperidine rings is 1. The molecule has 1 aromatic heterocycles. The van der Waals surface area contributed by atoms with Crippen molar-refractivity contribution in [1.82, 2.24) is 9.27 Å². The first kappa shape index (κ1) is 13.3. The minimum atomic E-state index is 0.144. The summed E-state index contributed by atoms with van der Waals surface area (Å²) in [6.07, 6.45) is 5.02. The number of benzene rings is 1. The number of amides is 1. The van der Waals surface area contributed by atoms with Gasteiger partial charge >= 0.3 is 0 Å². The molecule has 0 N–H and O–H groups in total. The lowest BCUT2D eigenvalue weighted by Gasteiger charge is -2.31. The van der Waals surface area contributed by atoms with Crippen molar-refractivity contribution < 1.29 is 4.79 Å². The molecule has 0 atom stereocenters. The molecule has 1 amide bonds. The summed E-state index contributed by atoms with van der Waals surface area (Å²) in [7, 11) is 0. The van der Waals surface area contributed by atoms with E-state index >= 15 is 0 Å². The van der Waals surface area contributed by atoms with Crippen molar-refractivity contribution in [3.63, 3.8) is 0 Å². The third-order valence-electron chi connectivity index (χ3n) is 3.92. The minimum Gasteiger partial charge on any atom is -0.338 e. The normalized spacial score (nSPS) is 16.3. The van der Waals surface area contributed by atoms with Crippen LogP contribution in [0.2, 0.25) is 0 Å². The molecule has 4 heteroatoms. The molecule has 2 aromatic rings. The number of hydrogen-bond acceptors (Lipinski definition) is 3. The van der Waals surface area contributed by atoms with Crippen LogP contribution in [0.25, 0.3) is 0 Å². The van der Waals surface area contributed by atoms with Crippen LogP contribution in [0.5, 0.6) is 0 Å². The highest BCUT2D eigenvalue weighted by Crippen LogP contribution is 2.23. The number of nitrogens with zero attached hydrogens (tertiary/aromatic N) is 2. The van der Waals surface area contributed by atoms with E-state index in [1.807, 2.05) is 11.0 Å². The molecule has 1 aliphatic heterocycles. The zero-order valence-corrected chi connectivity index (χ0v) is 12.2. The lowest BCUT2D eigenvalue weighted by molar-refractivity contribution is 0.0695. The van der Waals surface area contributed by atoms with E-state index in [1.165, 1.54) is 17.1 Å². The van der Waals surface area contributed by atoms with Gasteiger partial charge in [-0.15, -0.1) is 0 Å². The standard InChI is InChI=1S/C16H18N2OS/c19-16(15-6-9-17-20-15)18-10-7-14(8-11-18)12-13-4-2-1-3-5-13/h1-6,9,14H,7-8,10-12H2. The molecule has 104 valence electrons. The Morgan fingerprint density at radius 2 is 1.95 bits per heavy atom. The molecule has 1 aliphatic rings. The molecule has 1 saturated heterocycles. The van der Waals surface area contributed by atoms with Crippen LogP contribution in [0.15, 0.2) is 42.6 Å². The molecule has 1 fully saturated rings. The second-order valence-corrected chi connectivity index (χ2v) is 6.14. The number of aromatic nitrogens is 1. The van der Waals surface area contributed by atoms with Gasteiger partial charge in [-0.05, 0) is 48.3 Å². The van der Waals surface area contributed by atoms with Crippen LogP contribution < -0.4 is 0 Å². The van der Waals surface area contributed by atoms with Crippen molar-refractivity contribution in [2.24, 2.45) is 5.92 Å². The lowest BCUT2D eigenvalue weighted by atomic mass is 9.90. The second kappa shape index (κ2) is 6.18. The molecule has 0 aliphatic carbocycles. The van der Waals surface area contributed by atoms with Gasteiger partial charge in [0.25, 0.3) is 5.91 Å². The predicted molar refractivity (Wildman–Crippen MR) is 80.9 cm³/mol. The third-order valence-corrected chi connectivity index (χ3v) is 4.65. The molecule has 0 unspecified atom stereocenters. The maximum atomic E-state index is 12.2. The Morgan fingerprint density at radius 3 is 2.60 bits per heavy atom. The maximum absolute atomic E-state index is 12.2. The lowest BCUT2D eigenvalue weighted by Crippen LogP contribution is -2.38. The first-order chi connectivity index (χ1) is 9.83. The highest BCUT2D eigenvalue weighted by molar-refractivity contribution is 7.08. The minimum absolute atomic E-state index is 0.144. The van der Waals surface area contributed by atoms with Crippen LogP contribution in [0.3, 0.4) is 0 Å². The first-order valence-electron chi connectivity index (χ1n) is 7.07. The summed E-state index contributed by atoms with van der Waals surface area (Å²) in [4.78, 5) is 14.9. The largest absolute Gasteiger partial charge is 0.338 e. The fourth-order valence-corrected chi connectivity index (χ4v) is 3.33. The molecule has 0 bridgehead atoms. The Morgan fingerprint density at radius 1 is 1.20 bits per heavy atom. The van der Waals surface area contributed by atoms with Gasteiger partial charge in [0, 0.05) is 19.3 Å². The molecular weight excluding hydrogens is 268 g/mol. The average Bonchev–Trinajstić information content (AvgIpc) is 3.03. The van der Waals surface area contributed by atoms with Gasteiger partial charge in [0.15, 0.2) is 0 Å². The molecule has 0 saturated carbocycles. The number of likely N-dealkylation sites (tertiary alicyclic amines) is 1. The van der Waals surface area contributed by atoms with Gasteiger partial charge in [-0.25, -0.2) is 4.37 Å². The monoisotopic (exact) mass is 286 g/mol. The molecule has 2 heterocycles. The summed E-state index contributed by atoms with van der Waals surface area (Å²) in [5, 5.41) is 0. The number of carbonyl (C=O) groups excluding carboxylic acids is 1. The van der Waals surface area contributed by atoms with Crippen molar-refractivity contribution in [2.45, 2.75) is 19.3 Å². The highest BCUT2D eigenvalue weighted by Gasteiger charge is 2.24. The van der Waals surface area contributed by atoms with Crippen molar-refractivity contribution in [3.05, 3.63) is 53.0 Å².